The van der Waals surface area contributed by atoms with Gasteiger partial charge in [-0.15, -0.1) is 0 Å². The predicted octanol–water partition coefficient (Wildman–Crippen LogP) is -1.65. The lowest BCUT2D eigenvalue weighted by molar-refractivity contribution is -0.582. The maximum atomic E-state index is 8.61. The number of aliphatic hydroxyl groups excluding tert-OH is 1. The molecule has 0 atom stereocenters. The second-order valence-electron chi connectivity index (χ2n) is 2.05. The number of pyridine rings is 1. The van der Waals surface area contributed by atoms with Gasteiger partial charge in [-0.2, -0.15) is 4.57 Å². The molecule has 1 aromatic heterocycles. The first-order chi connectivity index (χ1) is 4.84. The highest BCUT2D eigenvalue weighted by molar-refractivity contribution is 5.24. The van der Waals surface area contributed by atoms with Gasteiger partial charge in [0.2, 0.25) is 5.70 Å². The predicted molar refractivity (Wildman–Crippen MR) is 39.2 cm³/mol. The largest absolute Gasteiger partial charge is 1.00 e. The van der Waals surface area contributed by atoms with Gasteiger partial charge in [0.25, 0.3) is 0 Å². The average Bonchev–Trinajstić information content (AvgIpc) is 2.05. The van der Waals surface area contributed by atoms with E-state index in [1.807, 2.05) is 42.1 Å². The SMILES string of the molecule is C/C(=C\O)[n+]1ccccc1.[Cl-]. The summed E-state index contributed by atoms with van der Waals surface area (Å²) in [4.78, 5) is 0. The van der Waals surface area contributed by atoms with Crippen LogP contribution in [0.5, 0.6) is 0 Å². The van der Waals surface area contributed by atoms with Crippen LogP contribution in [0, 0.1) is 0 Å². The van der Waals surface area contributed by atoms with Crippen LogP contribution in [0.15, 0.2) is 36.9 Å². The normalized spacial score (nSPS) is 10.5. The van der Waals surface area contributed by atoms with E-state index in [0.717, 1.165) is 12.0 Å². The fourth-order valence-electron chi connectivity index (χ4n) is 0.700. The minimum Gasteiger partial charge on any atom is -1.00 e. The Kier molecular flexibility index (Phi) is 4.30. The van der Waals surface area contributed by atoms with Crippen LogP contribution in [0.2, 0.25) is 0 Å². The Hall–Kier alpha value is -1.02. The number of nitrogens with zero attached hydrogens (tertiary/aromatic N) is 1. The second-order valence-corrected chi connectivity index (χ2v) is 2.05. The van der Waals surface area contributed by atoms with Gasteiger partial charge in [0.05, 0.1) is 0 Å². The van der Waals surface area contributed by atoms with E-state index in [1.165, 1.54) is 0 Å². The molecule has 0 aromatic carbocycles. The molecular formula is C8H10ClNO. The van der Waals surface area contributed by atoms with Crippen LogP contribution >= 0.6 is 0 Å². The van der Waals surface area contributed by atoms with E-state index in [1.54, 1.807) is 0 Å². The quantitative estimate of drug-likeness (QED) is 0.398. The molecule has 2 nitrogen and oxygen atoms in total. The molecule has 11 heavy (non-hydrogen) atoms. The van der Waals surface area contributed by atoms with Crippen molar-refractivity contribution < 1.29 is 22.1 Å². The Balaban J connectivity index is 0.000001000. The summed E-state index contributed by atoms with van der Waals surface area (Å²) in [5.74, 6) is 0. The Morgan fingerprint density at radius 3 is 2.27 bits per heavy atom. The summed E-state index contributed by atoms with van der Waals surface area (Å²) in [6.45, 7) is 1.83. The number of halogens is 1. The summed E-state index contributed by atoms with van der Waals surface area (Å²) >= 11 is 0. The lowest BCUT2D eigenvalue weighted by Crippen LogP contribution is -3.00. The number of hydrogen-bond acceptors (Lipinski definition) is 1. The third-order valence-corrected chi connectivity index (χ3v) is 1.31. The molecule has 1 rings (SSSR count). The van der Waals surface area contributed by atoms with Crippen molar-refractivity contribution in [2.75, 3.05) is 0 Å². The second kappa shape index (κ2) is 4.74. The van der Waals surface area contributed by atoms with Gasteiger partial charge in [0, 0.05) is 19.1 Å². The average molecular weight is 172 g/mol. The fraction of sp³-hybridized carbons (Fsp3) is 0.125. The number of aliphatic hydroxyl groups is 1. The van der Waals surface area contributed by atoms with Gasteiger partial charge >= 0.3 is 0 Å². The lowest BCUT2D eigenvalue weighted by atomic mass is 10.4. The Morgan fingerprint density at radius 1 is 1.27 bits per heavy atom. The maximum Gasteiger partial charge on any atom is 0.218 e. The van der Waals surface area contributed by atoms with Gasteiger partial charge < -0.3 is 17.5 Å². The van der Waals surface area contributed by atoms with Gasteiger partial charge in [-0.25, -0.2) is 0 Å². The zero-order valence-electron chi connectivity index (χ0n) is 6.24. The molecule has 0 amide bonds. The molecule has 0 saturated heterocycles. The van der Waals surface area contributed by atoms with E-state index in [4.69, 9.17) is 5.11 Å². The van der Waals surface area contributed by atoms with Crippen molar-refractivity contribution in [2.45, 2.75) is 6.92 Å². The van der Waals surface area contributed by atoms with Crippen molar-refractivity contribution in [3.63, 3.8) is 0 Å². The molecule has 0 bridgehead atoms. The van der Waals surface area contributed by atoms with E-state index in [-0.39, 0.29) is 12.4 Å². The monoisotopic (exact) mass is 171 g/mol. The van der Waals surface area contributed by atoms with Crippen molar-refractivity contribution in [3.05, 3.63) is 36.9 Å². The van der Waals surface area contributed by atoms with Gasteiger partial charge in [-0.05, 0) is 0 Å². The maximum absolute atomic E-state index is 8.61. The molecular weight excluding hydrogens is 162 g/mol. The molecule has 60 valence electrons. The van der Waals surface area contributed by atoms with E-state index in [2.05, 4.69) is 0 Å². The van der Waals surface area contributed by atoms with Gasteiger partial charge in [0.15, 0.2) is 12.4 Å². The molecule has 0 aliphatic carbocycles. The molecule has 1 aromatic rings. The molecule has 0 radical (unpaired) electrons. The smallest absolute Gasteiger partial charge is 0.218 e. The lowest BCUT2D eigenvalue weighted by Gasteiger charge is -1.89. The summed E-state index contributed by atoms with van der Waals surface area (Å²) in [5.41, 5.74) is 0.806. The third kappa shape index (κ3) is 2.60. The number of hydrogen-bond donors (Lipinski definition) is 1. The molecule has 0 spiro atoms. The van der Waals surface area contributed by atoms with E-state index >= 15 is 0 Å². The highest BCUT2D eigenvalue weighted by Gasteiger charge is 1.98. The first-order valence-corrected chi connectivity index (χ1v) is 3.12. The molecule has 3 heteroatoms. The van der Waals surface area contributed by atoms with Crippen LogP contribution in [-0.4, -0.2) is 5.11 Å². The van der Waals surface area contributed by atoms with Crippen molar-refractivity contribution in [3.8, 4) is 0 Å². The Labute approximate surface area is 72.2 Å². The summed E-state index contributed by atoms with van der Waals surface area (Å²) in [7, 11) is 0. The van der Waals surface area contributed by atoms with Crippen LogP contribution in [0.4, 0.5) is 0 Å². The zero-order valence-corrected chi connectivity index (χ0v) is 6.99. The van der Waals surface area contributed by atoms with Crippen molar-refractivity contribution in [1.29, 1.82) is 0 Å². The summed E-state index contributed by atoms with van der Waals surface area (Å²) in [6.07, 6.45) is 4.84. The molecule has 1 N–H and O–H groups in total. The van der Waals surface area contributed by atoms with Crippen LogP contribution in [0.25, 0.3) is 5.70 Å². The van der Waals surface area contributed by atoms with E-state index in [0.29, 0.717) is 0 Å². The van der Waals surface area contributed by atoms with Crippen molar-refractivity contribution >= 4 is 5.70 Å². The van der Waals surface area contributed by atoms with Gasteiger partial charge in [-0.3, -0.25) is 0 Å². The minimum atomic E-state index is 0. The molecule has 0 fully saturated rings. The van der Waals surface area contributed by atoms with Gasteiger partial charge in [-0.1, -0.05) is 6.07 Å². The standard InChI is InChI=1S/C8H9NO.ClH/c1-8(7-10)9-5-3-2-4-6-9;/h2-7H,1H3;1H/b8-7+;. The zero-order chi connectivity index (χ0) is 7.40. The summed E-state index contributed by atoms with van der Waals surface area (Å²) in [5, 5.41) is 8.61. The van der Waals surface area contributed by atoms with Crippen LogP contribution in [0.1, 0.15) is 6.92 Å². The number of allylic oxidation sites excluding steroid dienone is 1. The van der Waals surface area contributed by atoms with Crippen LogP contribution < -0.4 is 17.0 Å². The van der Waals surface area contributed by atoms with Crippen molar-refractivity contribution in [2.24, 2.45) is 0 Å². The topological polar surface area (TPSA) is 24.1 Å². The summed E-state index contributed by atoms with van der Waals surface area (Å²) < 4.78 is 1.83. The van der Waals surface area contributed by atoms with E-state index < -0.39 is 0 Å². The highest BCUT2D eigenvalue weighted by Crippen LogP contribution is 1.87. The van der Waals surface area contributed by atoms with Crippen molar-refractivity contribution in [1.82, 2.24) is 0 Å². The summed E-state index contributed by atoms with van der Waals surface area (Å²) in [6, 6.07) is 5.75. The minimum absolute atomic E-state index is 0. The molecule has 0 aliphatic rings. The molecule has 0 saturated carbocycles. The molecule has 0 unspecified atom stereocenters. The Bertz CT molecular complexity index is 233. The number of rotatable bonds is 1. The van der Waals surface area contributed by atoms with E-state index in [9.17, 15) is 0 Å². The first kappa shape index (κ1) is 9.98. The number of aromatic nitrogens is 1. The highest BCUT2D eigenvalue weighted by atomic mass is 35.5. The third-order valence-electron chi connectivity index (χ3n) is 1.31. The Morgan fingerprint density at radius 2 is 1.82 bits per heavy atom. The molecule has 1 heterocycles. The van der Waals surface area contributed by atoms with Gasteiger partial charge in [0.1, 0.15) is 6.26 Å². The fourth-order valence-corrected chi connectivity index (χ4v) is 0.700. The van der Waals surface area contributed by atoms with Crippen LogP contribution in [0.3, 0.4) is 0 Å². The first-order valence-electron chi connectivity index (χ1n) is 3.12. The molecule has 0 aliphatic heterocycles. The van der Waals surface area contributed by atoms with Crippen LogP contribution in [-0.2, 0) is 0 Å².